The predicted octanol–water partition coefficient (Wildman–Crippen LogP) is 5.37. The first-order valence-corrected chi connectivity index (χ1v) is 14.6. The van der Waals surface area contributed by atoms with Crippen molar-refractivity contribution in [1.29, 1.82) is 0 Å². The van der Waals surface area contributed by atoms with Crippen LogP contribution in [0.25, 0.3) is 11.2 Å². The highest BCUT2D eigenvalue weighted by atomic mass is 19.4. The number of nitrogens with one attached hydrogen (secondary N) is 3. The number of hydrogen-bond donors (Lipinski definition) is 4. The van der Waals surface area contributed by atoms with Gasteiger partial charge in [0.05, 0.1) is 17.2 Å². The first kappa shape index (κ1) is 34.1. The van der Waals surface area contributed by atoms with Gasteiger partial charge in [-0.1, -0.05) is 6.07 Å². The summed E-state index contributed by atoms with van der Waals surface area (Å²) < 4.78 is 113. The molecule has 2 fully saturated rings. The lowest BCUT2D eigenvalue weighted by Crippen LogP contribution is -2.40. The number of benzene rings is 1. The third-order valence-corrected chi connectivity index (χ3v) is 8.16. The largest absolute Gasteiger partial charge is 0.471 e. The molecule has 2 aliphatic carbocycles. The number of hydrogen-bond acceptors (Lipinski definition) is 7. The fraction of sp³-hybridized carbons (Fsp3) is 0.517. The molecule has 0 spiro atoms. The minimum atomic E-state index is -4.81. The summed E-state index contributed by atoms with van der Waals surface area (Å²) in [7, 11) is 1.37. The van der Waals surface area contributed by atoms with E-state index in [0.717, 1.165) is 24.3 Å². The van der Waals surface area contributed by atoms with Crippen LogP contribution in [0, 0.1) is 5.92 Å². The van der Waals surface area contributed by atoms with Crippen LogP contribution in [0.15, 0.2) is 24.3 Å². The zero-order chi connectivity index (χ0) is 34.3. The zero-order valence-electron chi connectivity index (χ0n) is 24.7. The van der Waals surface area contributed by atoms with Gasteiger partial charge in [-0.2, -0.15) is 31.3 Å². The number of anilines is 2. The number of fused-ring (bicyclic) bond motifs is 1. The second kappa shape index (κ2) is 12.8. The summed E-state index contributed by atoms with van der Waals surface area (Å²) in [4.78, 5) is 33.7. The highest BCUT2D eigenvalue weighted by Crippen LogP contribution is 2.39. The Bertz CT molecular complexity index is 1650. The Labute approximate surface area is 261 Å². The molecule has 3 aromatic rings. The van der Waals surface area contributed by atoms with Crippen molar-refractivity contribution in [2.24, 2.45) is 13.0 Å². The van der Waals surface area contributed by atoms with Gasteiger partial charge in [0.25, 0.3) is 18.2 Å². The van der Waals surface area contributed by atoms with E-state index in [1.54, 1.807) is 0 Å². The van der Waals surface area contributed by atoms with Gasteiger partial charge in [0.2, 0.25) is 11.8 Å². The predicted molar refractivity (Wildman–Crippen MR) is 150 cm³/mol. The molecule has 2 aliphatic rings. The number of rotatable bonds is 10. The average Bonchev–Trinajstić information content (AvgIpc) is 3.68. The molecule has 10 nitrogen and oxygen atoms in total. The lowest BCUT2D eigenvalue weighted by molar-refractivity contribution is -0.182. The number of pyridine rings is 1. The molecule has 0 aliphatic heterocycles. The van der Waals surface area contributed by atoms with Gasteiger partial charge in [0.15, 0.2) is 12.3 Å². The number of alkyl halides is 8. The van der Waals surface area contributed by atoms with Gasteiger partial charge in [-0.3, -0.25) is 14.2 Å². The molecular weight excluding hydrogens is 648 g/mol. The fourth-order valence-corrected chi connectivity index (χ4v) is 5.31. The highest BCUT2D eigenvalue weighted by Gasteiger charge is 2.48. The van der Waals surface area contributed by atoms with Crippen molar-refractivity contribution in [2.45, 2.75) is 75.5 Å². The Hall–Kier alpha value is -4.22. The second-order valence-corrected chi connectivity index (χ2v) is 11.7. The van der Waals surface area contributed by atoms with Crippen LogP contribution in [0.5, 0.6) is 5.88 Å². The van der Waals surface area contributed by atoms with Gasteiger partial charge < -0.3 is 25.8 Å². The fourth-order valence-electron chi connectivity index (χ4n) is 5.31. The molecule has 4 N–H and O–H groups in total. The molecule has 47 heavy (non-hydrogen) atoms. The van der Waals surface area contributed by atoms with E-state index in [1.165, 1.54) is 11.6 Å². The minimum absolute atomic E-state index is 0.0278. The number of amides is 2. The van der Waals surface area contributed by atoms with Crippen molar-refractivity contribution < 1.29 is 54.6 Å². The number of imidazole rings is 1. The molecular formula is C29H30F8N6O4. The molecule has 1 aromatic carbocycles. The Morgan fingerprint density at radius 2 is 1.74 bits per heavy atom. The van der Waals surface area contributed by atoms with E-state index in [1.807, 2.05) is 0 Å². The summed E-state index contributed by atoms with van der Waals surface area (Å²) >= 11 is 0. The number of carbonyl (C=O) groups excluding carboxylic acids is 2. The third-order valence-electron chi connectivity index (χ3n) is 8.16. The molecule has 0 radical (unpaired) electrons. The van der Waals surface area contributed by atoms with Crippen LogP contribution in [-0.2, 0) is 24.6 Å². The van der Waals surface area contributed by atoms with E-state index in [2.05, 4.69) is 25.9 Å². The summed E-state index contributed by atoms with van der Waals surface area (Å²) in [6.45, 7) is -1.33. The summed E-state index contributed by atoms with van der Waals surface area (Å²) in [5.41, 5.74) is -3.15. The van der Waals surface area contributed by atoms with Crippen molar-refractivity contribution in [3.8, 4) is 5.88 Å². The number of carbonyl (C=O) groups is 2. The maximum Gasteiger partial charge on any atom is 0.418 e. The SMILES string of the molecule is Cn1c(Nc2cc(CNC(=O)C3(O)CC3)ccc2C(F)(F)F)nc2cc(C(=O)NC3CCC(C(F)(F)F)CC3)c(OCC(F)F)nc21. The standard InChI is InChI=1S/C29H30F8N6O4/c1-43-22-20(11-17(24(42-22)47-13-21(30)31)23(44)39-16-5-3-15(4-6-16)28(32,33)34)41-26(43)40-19-10-14(2-7-18(19)29(35,36)37)12-38-25(45)27(46)8-9-27/h2,7,10-11,15-16,21,46H,3-6,8-9,12-13H2,1H3,(H,38,45)(H,39,44)(H,40,41). The number of halogens is 8. The van der Waals surface area contributed by atoms with Crippen LogP contribution < -0.4 is 20.7 Å². The van der Waals surface area contributed by atoms with Crippen LogP contribution in [-0.4, -0.2) is 62.3 Å². The maximum atomic E-state index is 13.9. The van der Waals surface area contributed by atoms with Crippen molar-refractivity contribution in [2.75, 3.05) is 11.9 Å². The monoisotopic (exact) mass is 678 g/mol. The Morgan fingerprint density at radius 1 is 1.06 bits per heavy atom. The topological polar surface area (TPSA) is 130 Å². The van der Waals surface area contributed by atoms with Crippen LogP contribution >= 0.6 is 0 Å². The normalized spacial score (nSPS) is 19.5. The molecule has 0 atom stereocenters. The first-order valence-electron chi connectivity index (χ1n) is 14.6. The van der Waals surface area contributed by atoms with Crippen LogP contribution in [0.4, 0.5) is 46.8 Å². The van der Waals surface area contributed by atoms with E-state index < -0.39 is 71.9 Å². The molecule has 5 rings (SSSR count). The first-order chi connectivity index (χ1) is 21.9. The molecule has 0 unspecified atom stereocenters. The molecule has 2 heterocycles. The third kappa shape index (κ3) is 7.85. The van der Waals surface area contributed by atoms with Crippen molar-refractivity contribution >= 4 is 34.6 Å². The second-order valence-electron chi connectivity index (χ2n) is 11.7. The van der Waals surface area contributed by atoms with Gasteiger partial charge in [-0.05, 0) is 62.3 Å². The Kier molecular flexibility index (Phi) is 9.27. The van der Waals surface area contributed by atoms with Gasteiger partial charge in [-0.15, -0.1) is 0 Å². The maximum absolute atomic E-state index is 13.9. The summed E-state index contributed by atoms with van der Waals surface area (Å²) in [5.74, 6) is -3.71. The van der Waals surface area contributed by atoms with Crippen LogP contribution in [0.2, 0.25) is 0 Å². The van der Waals surface area contributed by atoms with E-state index in [4.69, 9.17) is 4.74 Å². The van der Waals surface area contributed by atoms with E-state index in [0.29, 0.717) is 0 Å². The highest BCUT2D eigenvalue weighted by molar-refractivity contribution is 5.99. The van der Waals surface area contributed by atoms with Gasteiger partial charge in [-0.25, -0.2) is 13.8 Å². The smallest absolute Gasteiger partial charge is 0.418 e. The van der Waals surface area contributed by atoms with Gasteiger partial charge >= 0.3 is 12.4 Å². The average molecular weight is 679 g/mol. The van der Waals surface area contributed by atoms with Crippen molar-refractivity contribution in [1.82, 2.24) is 25.2 Å². The summed E-state index contributed by atoms with van der Waals surface area (Å²) in [5, 5.41) is 17.6. The van der Waals surface area contributed by atoms with E-state index in [-0.39, 0.29) is 73.3 Å². The molecule has 2 aromatic heterocycles. The number of aryl methyl sites for hydroxylation is 1. The lowest BCUT2D eigenvalue weighted by Gasteiger charge is -2.30. The summed E-state index contributed by atoms with van der Waals surface area (Å²) in [6, 6.07) is 3.61. The van der Waals surface area contributed by atoms with Crippen molar-refractivity contribution in [3.63, 3.8) is 0 Å². The summed E-state index contributed by atoms with van der Waals surface area (Å²) in [6.07, 6.45) is -11.9. The van der Waals surface area contributed by atoms with Crippen LogP contribution in [0.3, 0.4) is 0 Å². The number of ether oxygens (including phenoxy) is 1. The molecule has 0 saturated heterocycles. The number of nitrogens with zero attached hydrogens (tertiary/aromatic N) is 3. The quantitative estimate of drug-likeness (QED) is 0.212. The van der Waals surface area contributed by atoms with Crippen LogP contribution in [0.1, 0.15) is 60.0 Å². The molecule has 2 amide bonds. The number of aromatic nitrogens is 3. The lowest BCUT2D eigenvalue weighted by atomic mass is 9.85. The Balaban J connectivity index is 1.42. The van der Waals surface area contributed by atoms with Crippen molar-refractivity contribution in [3.05, 3.63) is 41.0 Å². The molecule has 256 valence electrons. The minimum Gasteiger partial charge on any atom is -0.471 e. The van der Waals surface area contributed by atoms with Gasteiger partial charge in [0.1, 0.15) is 16.7 Å². The Morgan fingerprint density at radius 3 is 2.34 bits per heavy atom. The van der Waals surface area contributed by atoms with E-state index in [9.17, 15) is 49.8 Å². The molecule has 2 saturated carbocycles. The molecule has 0 bridgehead atoms. The molecule has 18 heteroatoms. The number of aliphatic hydroxyl groups is 1. The zero-order valence-corrected chi connectivity index (χ0v) is 24.7. The van der Waals surface area contributed by atoms with E-state index >= 15 is 0 Å². The van der Waals surface area contributed by atoms with Gasteiger partial charge in [0, 0.05) is 19.6 Å².